The largest absolute Gasteiger partial charge is 0.498 e. The maximum atomic E-state index is 13.2. The van der Waals surface area contributed by atoms with Crippen molar-refractivity contribution in [3.05, 3.63) is 60.0 Å². The van der Waals surface area contributed by atoms with Gasteiger partial charge in [0.1, 0.15) is 33.1 Å². The summed E-state index contributed by atoms with van der Waals surface area (Å²) in [6.07, 6.45) is -7.20. The van der Waals surface area contributed by atoms with Gasteiger partial charge >= 0.3 is 31.3 Å². The Morgan fingerprint density at radius 1 is 0.708 bits per heavy atom. The van der Waals surface area contributed by atoms with E-state index in [2.05, 4.69) is 46.3 Å². The van der Waals surface area contributed by atoms with Gasteiger partial charge in [-0.3, -0.25) is 19.0 Å². The van der Waals surface area contributed by atoms with Gasteiger partial charge in [-0.15, -0.1) is 0 Å². The lowest BCUT2D eigenvalue weighted by atomic mass is 9.82. The number of ether oxygens (including phenoxy) is 2. The van der Waals surface area contributed by atoms with Gasteiger partial charge in [0.2, 0.25) is 21.7 Å². The maximum absolute atomic E-state index is 13.2. The molecule has 1 aliphatic rings. The molecule has 0 atom stereocenters. The second-order valence-corrected chi connectivity index (χ2v) is 17.6. The van der Waals surface area contributed by atoms with Crippen LogP contribution in [0.4, 0.5) is 43.9 Å². The van der Waals surface area contributed by atoms with E-state index in [1.54, 1.807) is 41.5 Å². The Bertz CT molecular complexity index is 2720. The number of hydrogen-bond acceptors (Lipinski definition) is 14. The summed E-state index contributed by atoms with van der Waals surface area (Å²) >= 11 is 5.65. The Hall–Kier alpha value is -4.68. The number of fused-ring (bicyclic) bond motifs is 2. The van der Waals surface area contributed by atoms with Crippen molar-refractivity contribution in [3.8, 4) is 22.9 Å². The molecule has 1 fully saturated rings. The van der Waals surface area contributed by atoms with E-state index in [1.807, 2.05) is 13.8 Å². The summed E-state index contributed by atoms with van der Waals surface area (Å²) in [6, 6.07) is 0. The predicted octanol–water partition coefficient (Wildman–Crippen LogP) is 7.56. The lowest BCUT2D eigenvalue weighted by Crippen LogP contribution is -2.41. The van der Waals surface area contributed by atoms with Crippen molar-refractivity contribution in [3.63, 3.8) is 0 Å². The summed E-state index contributed by atoms with van der Waals surface area (Å²) < 4.78 is 152. The van der Waals surface area contributed by atoms with Gasteiger partial charge < -0.3 is 18.8 Å². The monoisotopic (exact) mass is 1040 g/mol. The van der Waals surface area contributed by atoms with Crippen molar-refractivity contribution in [1.29, 1.82) is 0 Å². The van der Waals surface area contributed by atoms with Crippen molar-refractivity contribution in [2.45, 2.75) is 111 Å². The lowest BCUT2D eigenvalue weighted by Gasteiger charge is -2.32. The highest BCUT2D eigenvalue weighted by molar-refractivity contribution is 9.10. The number of aromatic nitrogens is 10. The van der Waals surface area contributed by atoms with E-state index in [0.29, 0.717) is 36.3 Å². The Morgan fingerprint density at radius 2 is 1.14 bits per heavy atom. The van der Waals surface area contributed by atoms with Gasteiger partial charge in [0.05, 0.1) is 30.6 Å². The number of alkyl halides is 10. The molecule has 0 spiro atoms. The molecule has 16 nitrogen and oxygen atoms in total. The topological polar surface area (TPSA) is 167 Å². The molecule has 0 unspecified atom stereocenters. The number of aryl methyl sites for hydroxylation is 2. The van der Waals surface area contributed by atoms with Crippen molar-refractivity contribution < 1.29 is 62.7 Å². The lowest BCUT2D eigenvalue weighted by molar-refractivity contribution is -0.287. The van der Waals surface area contributed by atoms with Crippen LogP contribution in [0.25, 0.3) is 21.0 Å². The molecule has 65 heavy (non-hydrogen) atoms. The summed E-state index contributed by atoms with van der Waals surface area (Å²) in [7, 11) is -0.863. The molecule has 0 aliphatic carbocycles. The van der Waals surface area contributed by atoms with Crippen LogP contribution in [0.2, 0.25) is 0 Å². The quantitative estimate of drug-likeness (QED) is 0.0978. The molecule has 7 heterocycles. The minimum absolute atomic E-state index is 0. The molecule has 0 N–H and O–H groups in total. The average Bonchev–Trinajstić information content (AvgIpc) is 3.99. The van der Waals surface area contributed by atoms with Gasteiger partial charge in [-0.2, -0.15) is 83.3 Å². The zero-order valence-corrected chi connectivity index (χ0v) is 37.8. The van der Waals surface area contributed by atoms with Crippen molar-refractivity contribution in [1.82, 2.24) is 48.8 Å². The Morgan fingerprint density at radius 3 is 1.62 bits per heavy atom. The SMILES string of the molecule is C.CC1(C)OB(c2cnn(CC(F)(F)C(F)(F)F)c2)OC1(C)C.CCOc1nc2sc(C)nn2c(=O)c1-c1cnn(CC(F)(F)C(F)(F)F)c1.CCOc1nc2sc(C)nn2c(=O)c1Br. The first kappa shape index (κ1) is 52.9. The smallest absolute Gasteiger partial charge is 0.477 e. The van der Waals surface area contributed by atoms with Crippen molar-refractivity contribution in [2.75, 3.05) is 13.2 Å². The fourth-order valence-electron chi connectivity index (χ4n) is 5.28. The third-order valence-electron chi connectivity index (χ3n) is 9.12. The highest BCUT2D eigenvalue weighted by atomic mass is 79.9. The summed E-state index contributed by atoms with van der Waals surface area (Å²) in [4.78, 5) is 33.7. The van der Waals surface area contributed by atoms with E-state index in [-0.39, 0.29) is 47.0 Å². The number of nitrogens with zero attached hydrogens (tertiary/aromatic N) is 10. The summed E-state index contributed by atoms with van der Waals surface area (Å²) in [6.45, 7) is 11.5. The van der Waals surface area contributed by atoms with Crippen LogP contribution in [0, 0.1) is 13.8 Å². The average molecular weight is 1040 g/mol. The first-order valence-corrected chi connectivity index (χ1v) is 20.9. The molecular weight excluding hydrogens is 1000 g/mol. The highest BCUT2D eigenvalue weighted by Crippen LogP contribution is 2.39. The van der Waals surface area contributed by atoms with E-state index in [9.17, 15) is 53.5 Å². The van der Waals surface area contributed by atoms with Crippen LogP contribution in [0.1, 0.15) is 59.0 Å². The maximum Gasteiger partial charge on any atom is 0.498 e. The van der Waals surface area contributed by atoms with Gasteiger partial charge in [-0.25, -0.2) is 0 Å². The molecule has 1 aliphatic heterocycles. The molecule has 7 rings (SSSR count). The van der Waals surface area contributed by atoms with Crippen LogP contribution >= 0.6 is 38.6 Å². The minimum atomic E-state index is -5.71. The minimum Gasteiger partial charge on any atom is -0.477 e. The van der Waals surface area contributed by atoms with Crippen LogP contribution in [0.15, 0.2) is 38.8 Å². The Kier molecular flexibility index (Phi) is 15.7. The molecule has 0 saturated carbocycles. The van der Waals surface area contributed by atoms with E-state index >= 15 is 0 Å². The number of rotatable bonds is 10. The molecule has 0 amide bonds. The highest BCUT2D eigenvalue weighted by Gasteiger charge is 2.59. The van der Waals surface area contributed by atoms with Crippen LogP contribution in [0.3, 0.4) is 0 Å². The molecular formula is C35H40BBrF10N10O6S2. The summed E-state index contributed by atoms with van der Waals surface area (Å²) in [5, 5.41) is 16.4. The molecule has 1 saturated heterocycles. The number of halogens is 11. The zero-order chi connectivity index (χ0) is 48.0. The third kappa shape index (κ3) is 11.5. The molecule has 0 radical (unpaired) electrons. The van der Waals surface area contributed by atoms with Gasteiger partial charge in [-0.1, -0.05) is 30.1 Å². The Balaban J connectivity index is 0.000000220. The van der Waals surface area contributed by atoms with Crippen LogP contribution in [-0.4, -0.2) is 104 Å². The van der Waals surface area contributed by atoms with Gasteiger partial charge in [0.15, 0.2) is 0 Å². The van der Waals surface area contributed by atoms with E-state index in [4.69, 9.17) is 18.8 Å². The first-order valence-electron chi connectivity index (χ1n) is 18.4. The van der Waals surface area contributed by atoms with Crippen LogP contribution in [0.5, 0.6) is 11.8 Å². The third-order valence-corrected chi connectivity index (χ3v) is 11.4. The van der Waals surface area contributed by atoms with Crippen molar-refractivity contribution in [2.24, 2.45) is 0 Å². The molecule has 6 aromatic heterocycles. The molecule has 358 valence electrons. The number of hydrogen-bond donors (Lipinski definition) is 0. The van der Waals surface area contributed by atoms with E-state index < -0.39 is 61.2 Å². The zero-order valence-electron chi connectivity index (χ0n) is 34.6. The predicted molar refractivity (Wildman–Crippen MR) is 222 cm³/mol. The standard InChI is InChI=1S/C14H12F5N5O2S.C12H16BF5N2O2.C8H8BrN3O2S.CH4/c1-3-26-10-9(11(25)24-12(21-10)27-7(2)22-24)8-4-20-23(5-8)6-13(15,16)14(17,18)19;1-9(2)10(3,4)22-13(21-9)8-5-19-20(6-8)7-11(14,15)12(16,17)18;1-3-14-6-5(9)7(13)12-8(10-6)15-4(2)11-12;/h4-5H,3,6H2,1-2H3;5-6H,7H2,1-4H3;3H2,1-2H3;1H4. The van der Waals surface area contributed by atoms with Gasteiger partial charge in [0, 0.05) is 29.6 Å². The molecule has 30 heteroatoms. The summed E-state index contributed by atoms with van der Waals surface area (Å²) in [5.41, 5.74) is -2.01. The van der Waals surface area contributed by atoms with E-state index in [0.717, 1.165) is 45.6 Å². The van der Waals surface area contributed by atoms with E-state index in [1.165, 1.54) is 15.9 Å². The molecule has 0 bridgehead atoms. The van der Waals surface area contributed by atoms with Gasteiger partial charge in [-0.05, 0) is 71.3 Å². The van der Waals surface area contributed by atoms with Crippen LogP contribution < -0.4 is 26.1 Å². The second-order valence-electron chi connectivity index (χ2n) is 14.5. The second kappa shape index (κ2) is 19.3. The fraction of sp³-hybridized carbons (Fsp3) is 0.543. The normalized spacial score (nSPS) is 15.0. The molecule has 0 aromatic carbocycles. The van der Waals surface area contributed by atoms with Crippen molar-refractivity contribution >= 4 is 61.1 Å². The molecule has 6 aromatic rings. The first-order chi connectivity index (χ1) is 29.4. The van der Waals surface area contributed by atoms with Gasteiger partial charge in [0.25, 0.3) is 11.1 Å². The Labute approximate surface area is 378 Å². The summed E-state index contributed by atoms with van der Waals surface area (Å²) in [5.74, 6) is -9.58. The fourth-order valence-corrected chi connectivity index (χ4v) is 7.10. The van der Waals surface area contributed by atoms with Crippen LogP contribution in [-0.2, 0) is 22.4 Å².